The molecule has 20 N–H and O–H groups in total. The van der Waals surface area contributed by atoms with Crippen molar-refractivity contribution in [2.24, 2.45) is 0 Å². The Balaban J connectivity index is 1.14. The van der Waals surface area contributed by atoms with Crippen LogP contribution in [-0.2, 0) is 71.1 Å². The fraction of sp³-hybridized carbons (Fsp3) is 0.977. The van der Waals surface area contributed by atoms with Gasteiger partial charge < -0.3 is 168 Å². The lowest BCUT2D eigenvalue weighted by molar-refractivity contribution is -0.407. The molecule has 7 fully saturated rings. The molecule has 7 aliphatic heterocycles. The van der Waals surface area contributed by atoms with Gasteiger partial charge in [-0.3, -0.25) is 4.79 Å². The summed E-state index contributed by atoms with van der Waals surface area (Å²) in [5, 5.41) is 215. The number of carbonyl (C=O) groups excluding carboxylic acids is 1. The van der Waals surface area contributed by atoms with Crippen molar-refractivity contribution >= 4 is 5.97 Å². The molecule has 35 nitrogen and oxygen atoms in total. The van der Waals surface area contributed by atoms with E-state index >= 15 is 0 Å². The van der Waals surface area contributed by atoms with E-state index in [9.17, 15) is 107 Å². The first-order chi connectivity index (χ1) is 37.3. The van der Waals surface area contributed by atoms with Crippen LogP contribution in [-0.4, -0.2) is 356 Å². The molecular formula is C44H74O35. The molecule has 0 spiro atoms. The standard InChI is InChI=1S/C44H74O35/c1-9-17(51)24(58)35(43(68-9)79-36-25(59)20(54)14(6-47)72-44(36)77-33-21(55)15(7-48)70-38(65)28(33)62)78-40-29(63)32(18(52)10(2)67-40)75-41-30(64)34(76-39-26(60)23(57)19(53)13(5-46)71-39)22(56)16(73-41)8-66-42-37(69-11(3)49)27(61)31(74-42)12(50)4-45/h9-10,12-48,50-65H,4-8H2,1-3H3/t9-,10-,12+,13+,14+,15+,16+,17-,18-,19-,20-,21-,22-,23-,24+,25-,26+,27-,28+,29+,30+,31-,32+,33-,34-,35+,36+,37+,38+,39-,40-,41+,42+,43-,44+/m0/s1. The summed E-state index contributed by atoms with van der Waals surface area (Å²) < 4.78 is 79.5. The minimum Gasteiger partial charge on any atom is -0.454 e. The summed E-state index contributed by atoms with van der Waals surface area (Å²) in [6.45, 7) is -1.14. The molecule has 79 heavy (non-hydrogen) atoms. The van der Waals surface area contributed by atoms with Gasteiger partial charge in [0.25, 0.3) is 0 Å². The normalized spacial score (nSPS) is 52.2. The van der Waals surface area contributed by atoms with Crippen molar-refractivity contribution in [2.45, 2.75) is 236 Å². The molecule has 0 amide bonds. The van der Waals surface area contributed by atoms with Crippen molar-refractivity contribution in [3.8, 4) is 0 Å². The van der Waals surface area contributed by atoms with Gasteiger partial charge in [0.1, 0.15) is 153 Å². The van der Waals surface area contributed by atoms with Crippen LogP contribution in [0.15, 0.2) is 0 Å². The molecular weight excluding hydrogens is 1090 g/mol. The Kier molecular flexibility index (Phi) is 22.5. The molecule has 0 unspecified atom stereocenters. The minimum atomic E-state index is -2.28. The molecule has 0 aromatic rings. The average molecular weight is 1160 g/mol. The molecule has 0 bridgehead atoms. The first kappa shape index (κ1) is 64.7. The summed E-state index contributed by atoms with van der Waals surface area (Å²) in [7, 11) is 0. The van der Waals surface area contributed by atoms with Crippen LogP contribution in [0.5, 0.6) is 0 Å². The van der Waals surface area contributed by atoms with Crippen LogP contribution in [0, 0.1) is 0 Å². The molecule has 0 saturated carbocycles. The number of esters is 1. The molecule has 0 aromatic carbocycles. The van der Waals surface area contributed by atoms with Gasteiger partial charge in [-0.25, -0.2) is 0 Å². The molecule has 35 heteroatoms. The zero-order valence-corrected chi connectivity index (χ0v) is 42.3. The SMILES string of the molecule is CC(=O)O[C@H]1[C@H](OC[C@H]2O[C@H](O[C@@H]3[C@@H](O)[C@H](C)O[C@@H](O[C@H]4[C@H](O[C@H]5[C@@H](O[C@@H]6[C@@H](O)[C@H](O)O[C@H](CO)[C@@H]6O)O[C@H](CO)[C@H](O)[C@@H]5O)O[C@@H](C)[C@H](O)[C@H]4O)[C@@H]3O)[C@H](O)[C@@H](O[C@@H]3O[C@H](CO)[C@H](O)[C@H](O)[C@H]3O)[C@H]2O)O[C@@H]([C@H](O)CO)[C@@H]1O. The predicted octanol–water partition coefficient (Wildman–Crippen LogP) is -13.7. The van der Waals surface area contributed by atoms with E-state index in [0.29, 0.717) is 0 Å². The molecule has 460 valence electrons. The summed E-state index contributed by atoms with van der Waals surface area (Å²) in [6, 6.07) is 0. The van der Waals surface area contributed by atoms with Crippen LogP contribution in [0.3, 0.4) is 0 Å². The van der Waals surface area contributed by atoms with Gasteiger partial charge in [0, 0.05) is 6.92 Å². The minimum absolute atomic E-state index is 0.891. The topological polar surface area (TPSA) is 551 Å². The van der Waals surface area contributed by atoms with Crippen LogP contribution in [0.2, 0.25) is 0 Å². The lowest BCUT2D eigenvalue weighted by atomic mass is 9.95. The number of ether oxygens (including phenoxy) is 14. The first-order valence-corrected chi connectivity index (χ1v) is 25.3. The summed E-state index contributed by atoms with van der Waals surface area (Å²) in [5.41, 5.74) is 0. The van der Waals surface area contributed by atoms with Crippen LogP contribution in [0.25, 0.3) is 0 Å². The number of hydrogen-bond acceptors (Lipinski definition) is 35. The number of carbonyl (C=O) groups is 1. The third-order valence-corrected chi connectivity index (χ3v) is 14.7. The highest BCUT2D eigenvalue weighted by Crippen LogP contribution is 2.38. The number of hydrogen-bond donors (Lipinski definition) is 20. The van der Waals surface area contributed by atoms with E-state index < -0.39 is 254 Å². The lowest BCUT2D eigenvalue weighted by Gasteiger charge is -2.50. The Hall–Kier alpha value is -1.85. The fourth-order valence-corrected chi connectivity index (χ4v) is 10.1. The molecule has 7 saturated heterocycles. The van der Waals surface area contributed by atoms with Gasteiger partial charge in [0.2, 0.25) is 0 Å². The molecule has 0 aliphatic carbocycles. The number of aliphatic hydroxyl groups excluding tert-OH is 20. The van der Waals surface area contributed by atoms with E-state index in [1.807, 2.05) is 0 Å². The summed E-state index contributed by atoms with van der Waals surface area (Å²) in [5.74, 6) is -0.953. The molecule has 0 radical (unpaired) electrons. The van der Waals surface area contributed by atoms with Gasteiger partial charge in [-0.1, -0.05) is 0 Å². The smallest absolute Gasteiger partial charge is 0.303 e. The van der Waals surface area contributed by atoms with E-state index in [1.165, 1.54) is 13.8 Å². The maximum absolute atomic E-state index is 12.0. The monoisotopic (exact) mass is 1160 g/mol. The lowest BCUT2D eigenvalue weighted by Crippen LogP contribution is -2.68. The highest BCUT2D eigenvalue weighted by molar-refractivity contribution is 5.66. The molecule has 35 atom stereocenters. The van der Waals surface area contributed by atoms with Crippen molar-refractivity contribution in [3.05, 3.63) is 0 Å². The predicted molar refractivity (Wildman–Crippen MR) is 239 cm³/mol. The van der Waals surface area contributed by atoms with Gasteiger partial charge in [-0.2, -0.15) is 0 Å². The van der Waals surface area contributed by atoms with Gasteiger partial charge in [0.15, 0.2) is 50.1 Å². The van der Waals surface area contributed by atoms with E-state index in [2.05, 4.69) is 0 Å². The van der Waals surface area contributed by atoms with Crippen molar-refractivity contribution in [1.29, 1.82) is 0 Å². The van der Waals surface area contributed by atoms with Gasteiger partial charge in [0.05, 0.1) is 45.2 Å². The van der Waals surface area contributed by atoms with Gasteiger partial charge >= 0.3 is 5.97 Å². The van der Waals surface area contributed by atoms with Crippen LogP contribution in [0.1, 0.15) is 20.8 Å². The second-order valence-corrected chi connectivity index (χ2v) is 20.2. The van der Waals surface area contributed by atoms with E-state index in [1.54, 1.807) is 0 Å². The van der Waals surface area contributed by atoms with Crippen LogP contribution in [0.4, 0.5) is 0 Å². The third kappa shape index (κ3) is 13.6. The fourth-order valence-electron chi connectivity index (χ4n) is 10.1. The summed E-state index contributed by atoms with van der Waals surface area (Å²) in [6.07, 6.45) is -67.0. The molecule has 7 heterocycles. The van der Waals surface area contributed by atoms with Gasteiger partial charge in [-0.05, 0) is 13.8 Å². The Bertz CT molecular complexity index is 1900. The first-order valence-electron chi connectivity index (χ1n) is 25.3. The van der Waals surface area contributed by atoms with Crippen molar-refractivity contribution < 1.29 is 173 Å². The Labute approximate surface area is 447 Å². The summed E-state index contributed by atoms with van der Waals surface area (Å²) >= 11 is 0. The van der Waals surface area contributed by atoms with E-state index in [-0.39, 0.29) is 0 Å². The maximum Gasteiger partial charge on any atom is 0.303 e. The van der Waals surface area contributed by atoms with E-state index in [4.69, 9.17) is 66.3 Å². The highest BCUT2D eigenvalue weighted by Gasteiger charge is 2.58. The van der Waals surface area contributed by atoms with Crippen LogP contribution >= 0.6 is 0 Å². The number of rotatable bonds is 19. The Morgan fingerprint density at radius 3 is 1.39 bits per heavy atom. The third-order valence-electron chi connectivity index (χ3n) is 14.7. The average Bonchev–Trinajstić information content (AvgIpc) is 3.74. The zero-order chi connectivity index (χ0) is 58.2. The maximum atomic E-state index is 12.0. The zero-order valence-electron chi connectivity index (χ0n) is 42.3. The van der Waals surface area contributed by atoms with Crippen molar-refractivity contribution in [3.63, 3.8) is 0 Å². The Morgan fingerprint density at radius 2 is 0.810 bits per heavy atom. The molecule has 7 aliphatic rings. The van der Waals surface area contributed by atoms with Crippen molar-refractivity contribution in [2.75, 3.05) is 33.0 Å². The Morgan fingerprint density at radius 1 is 0.392 bits per heavy atom. The number of aliphatic hydroxyl groups is 20. The largest absolute Gasteiger partial charge is 0.454 e. The highest BCUT2D eigenvalue weighted by atomic mass is 16.8. The molecule has 7 rings (SSSR count). The second-order valence-electron chi connectivity index (χ2n) is 20.2. The quantitative estimate of drug-likeness (QED) is 0.0534. The van der Waals surface area contributed by atoms with Crippen LogP contribution < -0.4 is 0 Å². The van der Waals surface area contributed by atoms with Gasteiger partial charge in [-0.15, -0.1) is 0 Å². The van der Waals surface area contributed by atoms with Crippen molar-refractivity contribution in [1.82, 2.24) is 0 Å². The molecule has 0 aromatic heterocycles. The second kappa shape index (κ2) is 27.5. The summed E-state index contributed by atoms with van der Waals surface area (Å²) in [4.78, 5) is 12.0. The van der Waals surface area contributed by atoms with E-state index in [0.717, 1.165) is 6.92 Å².